The van der Waals surface area contributed by atoms with Crippen molar-refractivity contribution in [3.05, 3.63) is 21.3 Å². The van der Waals surface area contributed by atoms with Crippen LogP contribution in [0.5, 0.6) is 0 Å². The van der Waals surface area contributed by atoms with Crippen LogP contribution < -0.4 is 5.32 Å². The number of nitrogens with one attached hydrogen (secondary N) is 1. The molecule has 0 aromatic carbocycles. The van der Waals surface area contributed by atoms with Crippen LogP contribution in [-0.2, 0) is 16.0 Å². The minimum atomic E-state index is 0.172. The minimum Gasteiger partial charge on any atom is -0.377 e. The minimum absolute atomic E-state index is 0.172. The van der Waals surface area contributed by atoms with Crippen LogP contribution in [0.3, 0.4) is 0 Å². The van der Waals surface area contributed by atoms with Crippen LogP contribution in [0.4, 0.5) is 0 Å². The first kappa shape index (κ1) is 13.3. The smallest absolute Gasteiger partial charge is 0.0986 e. The molecule has 2 rings (SSSR count). The molecule has 17 heavy (non-hydrogen) atoms. The average Bonchev–Trinajstić information content (AvgIpc) is 2.69. The molecule has 0 saturated heterocycles. The number of thiophene rings is 1. The first-order valence-corrected chi connectivity index (χ1v) is 7.06. The number of hydrogen-bond acceptors (Lipinski definition) is 4. The Morgan fingerprint density at radius 1 is 1.53 bits per heavy atom. The van der Waals surface area contributed by atoms with E-state index in [1.807, 2.05) is 13.0 Å². The molecule has 0 bridgehead atoms. The first-order valence-electron chi connectivity index (χ1n) is 5.86. The Balaban J connectivity index is 1.77. The fraction of sp³-hybridized carbons (Fsp3) is 0.667. The fourth-order valence-corrected chi connectivity index (χ4v) is 3.19. The van der Waals surface area contributed by atoms with Crippen molar-refractivity contribution in [1.29, 1.82) is 0 Å². The maximum absolute atomic E-state index is 5.89. The quantitative estimate of drug-likeness (QED) is 0.866. The third-order valence-corrected chi connectivity index (χ3v) is 4.30. The topological polar surface area (TPSA) is 30.5 Å². The predicted octanol–water partition coefficient (Wildman–Crippen LogP) is 2.68. The summed E-state index contributed by atoms with van der Waals surface area (Å²) in [6.45, 7) is 3.61. The molecule has 1 fully saturated rings. The number of rotatable bonds is 6. The largest absolute Gasteiger partial charge is 0.377 e. The van der Waals surface area contributed by atoms with Gasteiger partial charge in [-0.25, -0.2) is 0 Å². The van der Waals surface area contributed by atoms with Gasteiger partial charge in [-0.2, -0.15) is 0 Å². The zero-order valence-electron chi connectivity index (χ0n) is 10.1. The zero-order valence-corrected chi connectivity index (χ0v) is 11.7. The average molecular weight is 276 g/mol. The molecule has 0 spiro atoms. The van der Waals surface area contributed by atoms with Crippen molar-refractivity contribution in [3.8, 4) is 0 Å². The van der Waals surface area contributed by atoms with Crippen molar-refractivity contribution in [1.82, 2.24) is 5.32 Å². The summed E-state index contributed by atoms with van der Waals surface area (Å²) in [4.78, 5) is 1.25. The maximum atomic E-state index is 5.89. The molecular formula is C12H18ClNO2S. The molecule has 3 unspecified atom stereocenters. The van der Waals surface area contributed by atoms with Gasteiger partial charge in [0.1, 0.15) is 0 Å². The van der Waals surface area contributed by atoms with E-state index in [9.17, 15) is 0 Å². The van der Waals surface area contributed by atoms with E-state index in [-0.39, 0.29) is 12.2 Å². The summed E-state index contributed by atoms with van der Waals surface area (Å²) in [7, 11) is 1.74. The molecule has 96 valence electrons. The van der Waals surface area contributed by atoms with Crippen molar-refractivity contribution in [2.75, 3.05) is 13.7 Å². The van der Waals surface area contributed by atoms with Crippen LogP contribution in [-0.4, -0.2) is 32.0 Å². The maximum Gasteiger partial charge on any atom is 0.0986 e. The van der Waals surface area contributed by atoms with E-state index in [0.717, 1.165) is 23.9 Å². The molecule has 1 heterocycles. The van der Waals surface area contributed by atoms with Gasteiger partial charge in [-0.3, -0.25) is 0 Å². The van der Waals surface area contributed by atoms with Crippen LogP contribution in [0.15, 0.2) is 12.1 Å². The van der Waals surface area contributed by atoms with E-state index in [1.165, 1.54) is 4.88 Å². The van der Waals surface area contributed by atoms with Gasteiger partial charge in [0, 0.05) is 31.2 Å². The highest BCUT2D eigenvalue weighted by Crippen LogP contribution is 2.28. The molecule has 0 amide bonds. The van der Waals surface area contributed by atoms with Crippen molar-refractivity contribution >= 4 is 22.9 Å². The standard InChI is InChI=1S/C12H18ClNO2S/c1-3-16-10-6-9(12(10)15-2)14-7-8-4-5-11(13)17-8/h4-5,9-10,12,14H,3,6-7H2,1-2H3. The van der Waals surface area contributed by atoms with Crippen molar-refractivity contribution in [2.24, 2.45) is 0 Å². The van der Waals surface area contributed by atoms with E-state index in [0.29, 0.717) is 6.04 Å². The lowest BCUT2D eigenvalue weighted by atomic mass is 9.85. The molecule has 3 nitrogen and oxygen atoms in total. The lowest BCUT2D eigenvalue weighted by Gasteiger charge is -2.43. The van der Waals surface area contributed by atoms with E-state index >= 15 is 0 Å². The summed E-state index contributed by atoms with van der Waals surface area (Å²) in [5.74, 6) is 0. The fourth-order valence-electron chi connectivity index (χ4n) is 2.15. The third-order valence-electron chi connectivity index (χ3n) is 3.07. The lowest BCUT2D eigenvalue weighted by molar-refractivity contribution is -0.131. The predicted molar refractivity (Wildman–Crippen MR) is 70.8 cm³/mol. The SMILES string of the molecule is CCOC1CC(NCc2ccc(Cl)s2)C1OC. The lowest BCUT2D eigenvalue weighted by Crippen LogP contribution is -2.59. The van der Waals surface area contributed by atoms with Crippen LogP contribution in [0.1, 0.15) is 18.2 Å². The van der Waals surface area contributed by atoms with Gasteiger partial charge >= 0.3 is 0 Å². The van der Waals surface area contributed by atoms with E-state index in [1.54, 1.807) is 18.4 Å². The Bertz CT molecular complexity index is 358. The van der Waals surface area contributed by atoms with Gasteiger partial charge < -0.3 is 14.8 Å². The van der Waals surface area contributed by atoms with Gasteiger partial charge in [0.05, 0.1) is 16.5 Å². The molecule has 1 N–H and O–H groups in total. The highest BCUT2D eigenvalue weighted by atomic mass is 35.5. The molecule has 5 heteroatoms. The molecule has 1 aliphatic rings. The van der Waals surface area contributed by atoms with Crippen LogP contribution >= 0.6 is 22.9 Å². The molecule has 3 atom stereocenters. The third kappa shape index (κ3) is 3.20. The highest BCUT2D eigenvalue weighted by Gasteiger charge is 2.41. The normalized spacial score (nSPS) is 28.1. The summed E-state index contributed by atoms with van der Waals surface area (Å²) < 4.78 is 11.9. The van der Waals surface area contributed by atoms with Crippen LogP contribution in [0.25, 0.3) is 0 Å². The van der Waals surface area contributed by atoms with Crippen LogP contribution in [0, 0.1) is 0 Å². The molecule has 0 aliphatic heterocycles. The molecule has 1 aromatic rings. The van der Waals surface area contributed by atoms with E-state index < -0.39 is 0 Å². The highest BCUT2D eigenvalue weighted by molar-refractivity contribution is 7.16. The number of halogens is 1. The summed E-state index contributed by atoms with van der Waals surface area (Å²) in [5, 5.41) is 3.48. The molecule has 1 aliphatic carbocycles. The van der Waals surface area contributed by atoms with E-state index in [4.69, 9.17) is 21.1 Å². The van der Waals surface area contributed by atoms with Gasteiger partial charge in [-0.1, -0.05) is 11.6 Å². The summed E-state index contributed by atoms with van der Waals surface area (Å²) >= 11 is 7.51. The van der Waals surface area contributed by atoms with E-state index in [2.05, 4.69) is 11.4 Å². The van der Waals surface area contributed by atoms with Gasteiger partial charge in [-0.15, -0.1) is 11.3 Å². The Morgan fingerprint density at radius 2 is 2.35 bits per heavy atom. The van der Waals surface area contributed by atoms with Crippen LogP contribution in [0.2, 0.25) is 4.34 Å². The summed E-state index contributed by atoms with van der Waals surface area (Å²) in [6.07, 6.45) is 1.44. The Labute approximate surface area is 111 Å². The zero-order chi connectivity index (χ0) is 12.3. The number of ether oxygens (including phenoxy) is 2. The monoisotopic (exact) mass is 275 g/mol. The molecule has 0 radical (unpaired) electrons. The first-order chi connectivity index (χ1) is 8.24. The summed E-state index contributed by atoms with van der Waals surface area (Å²) in [5.41, 5.74) is 0. The second-order valence-electron chi connectivity index (χ2n) is 4.12. The summed E-state index contributed by atoms with van der Waals surface area (Å²) in [6, 6.07) is 4.37. The second-order valence-corrected chi connectivity index (χ2v) is 5.92. The van der Waals surface area contributed by atoms with Crippen molar-refractivity contribution in [2.45, 2.75) is 38.1 Å². The Hall–Kier alpha value is -0.130. The molecular weight excluding hydrogens is 258 g/mol. The van der Waals surface area contributed by atoms with Gasteiger partial charge in [0.25, 0.3) is 0 Å². The van der Waals surface area contributed by atoms with Gasteiger partial charge in [-0.05, 0) is 25.5 Å². The molecule has 1 saturated carbocycles. The van der Waals surface area contributed by atoms with Crippen molar-refractivity contribution < 1.29 is 9.47 Å². The number of hydrogen-bond donors (Lipinski definition) is 1. The molecule has 1 aromatic heterocycles. The van der Waals surface area contributed by atoms with Crippen molar-refractivity contribution in [3.63, 3.8) is 0 Å². The second kappa shape index (κ2) is 6.16. The van der Waals surface area contributed by atoms with Gasteiger partial charge in [0.15, 0.2) is 0 Å². The number of methoxy groups -OCH3 is 1. The Kier molecular flexibility index (Phi) is 4.82. The van der Waals surface area contributed by atoms with Gasteiger partial charge in [0.2, 0.25) is 0 Å². The Morgan fingerprint density at radius 3 is 2.94 bits per heavy atom.